The summed E-state index contributed by atoms with van der Waals surface area (Å²) in [5.41, 5.74) is -0.0544. The van der Waals surface area contributed by atoms with Crippen LogP contribution in [0.5, 0.6) is 0 Å². The normalized spacial score (nSPS) is 28.8. The van der Waals surface area contributed by atoms with Crippen LogP contribution in [0.4, 0.5) is 13.2 Å². The van der Waals surface area contributed by atoms with E-state index in [1.807, 2.05) is 0 Å². The molecule has 2 aromatic heterocycles. The third kappa shape index (κ3) is 4.36. The van der Waals surface area contributed by atoms with E-state index in [4.69, 9.17) is 0 Å². The molecule has 4 aliphatic rings. The second kappa shape index (κ2) is 9.22. The summed E-state index contributed by atoms with van der Waals surface area (Å²) in [6, 6.07) is 4.80. The van der Waals surface area contributed by atoms with E-state index in [9.17, 15) is 22.8 Å². The third-order valence-electron chi connectivity index (χ3n) is 9.30. The first-order chi connectivity index (χ1) is 17.7. The van der Waals surface area contributed by atoms with Gasteiger partial charge in [-0.05, 0) is 62.1 Å². The molecule has 4 heterocycles. The fourth-order valence-corrected chi connectivity index (χ4v) is 7.44. The van der Waals surface area contributed by atoms with Crippen molar-refractivity contribution in [1.29, 1.82) is 0 Å². The highest BCUT2D eigenvalue weighted by Crippen LogP contribution is 2.56. The van der Waals surface area contributed by atoms with Gasteiger partial charge in [-0.3, -0.25) is 14.6 Å². The number of alkyl halides is 3. The number of fused-ring (bicyclic) bond motifs is 2. The predicted octanol–water partition coefficient (Wildman–Crippen LogP) is 3.83. The maximum absolute atomic E-state index is 14.0. The van der Waals surface area contributed by atoms with Crippen molar-refractivity contribution in [2.24, 2.45) is 11.3 Å². The number of rotatable bonds is 3. The van der Waals surface area contributed by atoms with Gasteiger partial charge in [0.2, 0.25) is 5.91 Å². The molecule has 0 radical (unpaired) electrons. The second-order valence-electron chi connectivity index (χ2n) is 11.2. The van der Waals surface area contributed by atoms with Gasteiger partial charge in [0.25, 0.3) is 5.56 Å². The molecular weight excluding hydrogens is 483 g/mol. The van der Waals surface area contributed by atoms with Crippen LogP contribution in [0.15, 0.2) is 35.4 Å². The maximum atomic E-state index is 14.0. The van der Waals surface area contributed by atoms with Gasteiger partial charge < -0.3 is 9.80 Å². The zero-order chi connectivity index (χ0) is 25.8. The number of piperidine rings is 1. The van der Waals surface area contributed by atoms with Crippen LogP contribution >= 0.6 is 0 Å². The fourth-order valence-electron chi connectivity index (χ4n) is 7.44. The fraction of sp³-hybridized carbons (Fsp3) is 0.630. The number of likely N-dealkylation sites (tertiary alicyclic amines) is 1. The third-order valence-corrected chi connectivity index (χ3v) is 9.30. The first kappa shape index (κ1) is 24.6. The molecule has 0 bridgehead atoms. The average molecular weight is 516 g/mol. The molecule has 1 saturated heterocycles. The Balaban J connectivity index is 1.15. The molecule has 2 aliphatic carbocycles. The van der Waals surface area contributed by atoms with E-state index in [0.29, 0.717) is 36.2 Å². The number of carbonyl (C=O) groups is 1. The highest BCUT2D eigenvalue weighted by molar-refractivity contribution is 5.84. The van der Waals surface area contributed by atoms with E-state index in [1.165, 1.54) is 6.07 Å². The van der Waals surface area contributed by atoms with Gasteiger partial charge in [-0.2, -0.15) is 18.3 Å². The lowest BCUT2D eigenvalue weighted by molar-refractivity contribution is -0.144. The summed E-state index contributed by atoms with van der Waals surface area (Å²) in [4.78, 5) is 34.5. The van der Waals surface area contributed by atoms with Crippen molar-refractivity contribution < 1.29 is 18.0 Å². The number of halogens is 3. The molecule has 0 aromatic carbocycles. The molecule has 0 unspecified atom stereocenters. The van der Waals surface area contributed by atoms with Crippen molar-refractivity contribution in [2.75, 3.05) is 19.6 Å². The molecule has 2 aliphatic heterocycles. The van der Waals surface area contributed by atoms with Gasteiger partial charge in [0.05, 0.1) is 17.0 Å². The minimum absolute atomic E-state index is 0.0680. The summed E-state index contributed by atoms with van der Waals surface area (Å²) in [7, 11) is 0. The zero-order valence-corrected chi connectivity index (χ0v) is 20.8. The van der Waals surface area contributed by atoms with Crippen molar-refractivity contribution in [3.05, 3.63) is 57.8 Å². The zero-order valence-electron chi connectivity index (χ0n) is 20.8. The number of pyridine rings is 1. The van der Waals surface area contributed by atoms with Gasteiger partial charge >= 0.3 is 6.18 Å². The number of carbonyl (C=O) groups excluding carboxylic acids is 1. The van der Waals surface area contributed by atoms with Crippen LogP contribution in [-0.2, 0) is 23.9 Å². The minimum atomic E-state index is -4.44. The van der Waals surface area contributed by atoms with E-state index < -0.39 is 17.2 Å². The summed E-state index contributed by atoms with van der Waals surface area (Å²) in [6.45, 7) is 2.46. The first-order valence-electron chi connectivity index (χ1n) is 13.4. The SMILES string of the molecule is O=C(N1CCc2ncc(C(F)(F)F)cc2C1)[C@@]12CCC[C@@H]1C[C@@H](N1CCC(n3ncccc3=O)CC1)C2. The van der Waals surface area contributed by atoms with Crippen LogP contribution in [-0.4, -0.2) is 56.1 Å². The van der Waals surface area contributed by atoms with Crippen molar-refractivity contribution in [1.82, 2.24) is 24.6 Å². The quantitative estimate of drug-likeness (QED) is 0.622. The molecule has 10 heteroatoms. The van der Waals surface area contributed by atoms with Crippen LogP contribution in [0.1, 0.15) is 67.8 Å². The lowest BCUT2D eigenvalue weighted by atomic mass is 9.78. The predicted molar refractivity (Wildman–Crippen MR) is 129 cm³/mol. The highest BCUT2D eigenvalue weighted by atomic mass is 19.4. The summed E-state index contributed by atoms with van der Waals surface area (Å²) >= 11 is 0. The van der Waals surface area contributed by atoms with E-state index in [0.717, 1.165) is 64.2 Å². The molecule has 1 amide bonds. The summed E-state index contributed by atoms with van der Waals surface area (Å²) in [6.07, 6.45) is 5.04. The van der Waals surface area contributed by atoms with Crippen molar-refractivity contribution in [2.45, 2.75) is 76.2 Å². The van der Waals surface area contributed by atoms with Crippen LogP contribution in [0.2, 0.25) is 0 Å². The van der Waals surface area contributed by atoms with Crippen LogP contribution < -0.4 is 5.56 Å². The van der Waals surface area contributed by atoms with E-state index in [1.54, 1.807) is 27.9 Å². The Morgan fingerprint density at radius 1 is 1.11 bits per heavy atom. The number of nitrogens with zero attached hydrogens (tertiary/aromatic N) is 5. The molecular formula is C27H32F3N5O2. The summed E-state index contributed by atoms with van der Waals surface area (Å²) < 4.78 is 41.3. The molecule has 3 fully saturated rings. The molecule has 7 nitrogen and oxygen atoms in total. The number of hydrogen-bond acceptors (Lipinski definition) is 5. The van der Waals surface area contributed by atoms with Gasteiger partial charge in [0.1, 0.15) is 0 Å². The molecule has 2 aromatic rings. The number of hydrogen-bond donors (Lipinski definition) is 0. The van der Waals surface area contributed by atoms with Crippen LogP contribution in [0.3, 0.4) is 0 Å². The number of amides is 1. The molecule has 198 valence electrons. The van der Waals surface area contributed by atoms with Gasteiger partial charge in [0.15, 0.2) is 0 Å². The summed E-state index contributed by atoms with van der Waals surface area (Å²) in [5, 5.41) is 4.26. The molecule has 3 atom stereocenters. The lowest BCUT2D eigenvalue weighted by Gasteiger charge is -2.39. The first-order valence-corrected chi connectivity index (χ1v) is 13.4. The van der Waals surface area contributed by atoms with Gasteiger partial charge in [-0.25, -0.2) is 4.68 Å². The van der Waals surface area contributed by atoms with Crippen LogP contribution in [0, 0.1) is 11.3 Å². The molecule has 6 rings (SSSR count). The Labute approximate surface area is 213 Å². The maximum Gasteiger partial charge on any atom is 0.417 e. The smallest absolute Gasteiger partial charge is 0.337 e. The molecule has 2 saturated carbocycles. The van der Waals surface area contributed by atoms with Crippen LogP contribution in [0.25, 0.3) is 0 Å². The monoisotopic (exact) mass is 515 g/mol. The standard InChI is InChI=1S/C27H32F3N5O2/c28-27(29,30)20-13-18-17-34(12-7-23(18)31-16-20)25(37)26-8-1-3-19(26)14-22(15-26)33-10-5-21(6-11-33)35-24(36)4-2-9-32-35/h2,4,9,13,16,19,21-22H,1,3,5-8,10-12,14-15,17H2/t19-,22-,26-/m1/s1. The highest BCUT2D eigenvalue weighted by Gasteiger charge is 2.57. The second-order valence-corrected chi connectivity index (χ2v) is 11.2. The molecule has 0 spiro atoms. The minimum Gasteiger partial charge on any atom is -0.337 e. The Hall–Kier alpha value is -2.75. The molecule has 0 N–H and O–H groups in total. The number of aromatic nitrogens is 3. The topological polar surface area (TPSA) is 71.3 Å². The van der Waals surface area contributed by atoms with E-state index >= 15 is 0 Å². The molecule has 37 heavy (non-hydrogen) atoms. The van der Waals surface area contributed by atoms with Gasteiger partial charge in [-0.15, -0.1) is 0 Å². The Morgan fingerprint density at radius 3 is 2.68 bits per heavy atom. The van der Waals surface area contributed by atoms with Gasteiger partial charge in [-0.1, -0.05) is 6.42 Å². The lowest BCUT2D eigenvalue weighted by Crippen LogP contribution is -2.47. The Kier molecular flexibility index (Phi) is 6.12. The van der Waals surface area contributed by atoms with E-state index in [2.05, 4.69) is 15.0 Å². The Bertz CT molecular complexity index is 1240. The largest absolute Gasteiger partial charge is 0.417 e. The average Bonchev–Trinajstić information content (AvgIpc) is 3.46. The van der Waals surface area contributed by atoms with Crippen molar-refractivity contribution >= 4 is 5.91 Å². The summed E-state index contributed by atoms with van der Waals surface area (Å²) in [5.74, 6) is 0.442. The van der Waals surface area contributed by atoms with Crippen molar-refractivity contribution in [3.63, 3.8) is 0 Å². The van der Waals surface area contributed by atoms with Crippen molar-refractivity contribution in [3.8, 4) is 0 Å². The van der Waals surface area contributed by atoms with Gasteiger partial charge in [0, 0.05) is 62.8 Å². The Morgan fingerprint density at radius 2 is 1.92 bits per heavy atom. The van der Waals surface area contributed by atoms with E-state index in [-0.39, 0.29) is 24.1 Å².